The second kappa shape index (κ2) is 11.6. The molecule has 9 nitrogen and oxygen atoms in total. The largest absolute Gasteiger partial charge is 0.474 e. The lowest BCUT2D eigenvalue weighted by atomic mass is 10.1. The zero-order chi connectivity index (χ0) is 23.8. The highest BCUT2D eigenvalue weighted by atomic mass is 16.5. The molecule has 0 bridgehead atoms. The normalized spacial score (nSPS) is 16.2. The number of anilines is 2. The maximum atomic E-state index is 11.7. The Morgan fingerprint density at radius 3 is 2.61 bits per heavy atom. The Kier molecular flexibility index (Phi) is 8.59. The molecule has 1 aliphatic heterocycles. The minimum atomic E-state index is -0.0726. The van der Waals surface area contributed by atoms with Gasteiger partial charge in [-0.1, -0.05) is 26.5 Å². The number of amides is 1. The van der Waals surface area contributed by atoms with E-state index in [1.54, 1.807) is 23.4 Å². The van der Waals surface area contributed by atoms with Crippen LogP contribution in [0, 0.1) is 5.92 Å². The molecular formula is C24H34N6O3. The van der Waals surface area contributed by atoms with Gasteiger partial charge in [-0.25, -0.2) is 9.97 Å². The fourth-order valence-electron chi connectivity index (χ4n) is 3.61. The van der Waals surface area contributed by atoms with Crippen LogP contribution < -0.4 is 15.4 Å². The van der Waals surface area contributed by atoms with Gasteiger partial charge in [0.15, 0.2) is 0 Å². The van der Waals surface area contributed by atoms with Crippen molar-refractivity contribution in [1.82, 2.24) is 19.9 Å². The molecule has 0 saturated carbocycles. The topological polar surface area (TPSA) is 112 Å². The van der Waals surface area contributed by atoms with Crippen molar-refractivity contribution in [3.63, 3.8) is 0 Å². The molecule has 0 spiro atoms. The zero-order valence-electron chi connectivity index (χ0n) is 19.6. The summed E-state index contributed by atoms with van der Waals surface area (Å²) in [6.45, 7) is 11.0. The van der Waals surface area contributed by atoms with Crippen LogP contribution in [0.15, 0.2) is 43.2 Å². The van der Waals surface area contributed by atoms with Crippen LogP contribution in [0.1, 0.15) is 45.2 Å². The third-order valence-electron chi connectivity index (χ3n) is 5.81. The highest BCUT2D eigenvalue weighted by Crippen LogP contribution is 2.22. The van der Waals surface area contributed by atoms with E-state index < -0.39 is 0 Å². The predicted molar refractivity (Wildman–Crippen MR) is 128 cm³/mol. The molecule has 0 aromatic carbocycles. The number of carbonyl (C=O) groups is 1. The summed E-state index contributed by atoms with van der Waals surface area (Å²) in [5, 5.41) is 16.1. The molecule has 3 rings (SSSR count). The number of pyridine rings is 1. The summed E-state index contributed by atoms with van der Waals surface area (Å²) in [7, 11) is 0. The van der Waals surface area contributed by atoms with E-state index in [0.717, 1.165) is 18.4 Å². The molecule has 1 fully saturated rings. The van der Waals surface area contributed by atoms with E-state index >= 15 is 0 Å². The van der Waals surface area contributed by atoms with Gasteiger partial charge in [-0.2, -0.15) is 4.98 Å². The number of nitrogens with one attached hydrogen (secondary N) is 2. The fraction of sp³-hybridized carbons (Fsp3) is 0.500. The van der Waals surface area contributed by atoms with Crippen molar-refractivity contribution < 1.29 is 14.6 Å². The molecule has 0 aliphatic carbocycles. The van der Waals surface area contributed by atoms with Gasteiger partial charge in [0.2, 0.25) is 17.7 Å². The Morgan fingerprint density at radius 2 is 2.00 bits per heavy atom. The van der Waals surface area contributed by atoms with Crippen LogP contribution in [0.3, 0.4) is 0 Å². The average molecular weight is 455 g/mol. The number of aromatic nitrogens is 3. The maximum absolute atomic E-state index is 11.7. The van der Waals surface area contributed by atoms with Crippen LogP contribution in [0.4, 0.5) is 11.8 Å². The molecular weight excluding hydrogens is 420 g/mol. The number of rotatable bonds is 10. The highest BCUT2D eigenvalue weighted by molar-refractivity contribution is 5.87. The number of ether oxygens (including phenoxy) is 1. The van der Waals surface area contributed by atoms with Gasteiger partial charge >= 0.3 is 0 Å². The molecule has 33 heavy (non-hydrogen) atoms. The molecule has 2 aromatic rings. The van der Waals surface area contributed by atoms with E-state index in [9.17, 15) is 9.90 Å². The summed E-state index contributed by atoms with van der Waals surface area (Å²) < 4.78 is 6.00. The molecule has 1 unspecified atom stereocenters. The quantitative estimate of drug-likeness (QED) is 0.470. The maximum Gasteiger partial charge on any atom is 0.245 e. The van der Waals surface area contributed by atoms with Gasteiger partial charge in [0.1, 0.15) is 11.9 Å². The first-order valence-corrected chi connectivity index (χ1v) is 11.4. The Morgan fingerprint density at radius 1 is 1.24 bits per heavy atom. The average Bonchev–Trinajstić information content (AvgIpc) is 2.83. The minimum absolute atomic E-state index is 0.0316. The Hall–Kier alpha value is -3.20. The molecule has 1 aliphatic rings. The number of nitrogens with zero attached hydrogens (tertiary/aromatic N) is 4. The molecule has 2 aromatic heterocycles. The molecule has 9 heteroatoms. The van der Waals surface area contributed by atoms with Crippen molar-refractivity contribution in [1.29, 1.82) is 0 Å². The van der Waals surface area contributed by atoms with E-state index in [1.807, 2.05) is 32.9 Å². The molecule has 2 atom stereocenters. The summed E-state index contributed by atoms with van der Waals surface area (Å²) in [6, 6.07) is 5.48. The number of carbonyl (C=O) groups excluding carboxylic acids is 1. The zero-order valence-corrected chi connectivity index (χ0v) is 19.6. The van der Waals surface area contributed by atoms with Crippen LogP contribution in [0.5, 0.6) is 5.88 Å². The van der Waals surface area contributed by atoms with Gasteiger partial charge in [-0.3, -0.25) is 4.79 Å². The number of aliphatic hydroxyl groups is 1. The van der Waals surface area contributed by atoms with Crippen molar-refractivity contribution in [2.24, 2.45) is 5.92 Å². The van der Waals surface area contributed by atoms with Crippen LogP contribution in [0.2, 0.25) is 0 Å². The van der Waals surface area contributed by atoms with E-state index in [4.69, 9.17) is 4.74 Å². The number of hydrogen-bond acceptors (Lipinski definition) is 8. The SMILES string of the molecule is C=CC(=O)N1CCC(Oc2ccc(C(C)Nc3nccc(N[C@H](CO)C(C)C)n3)cn2)CC1. The van der Waals surface area contributed by atoms with Crippen molar-refractivity contribution >= 4 is 17.7 Å². The number of aliphatic hydroxyl groups excluding tert-OH is 1. The van der Waals surface area contributed by atoms with E-state index in [2.05, 4.69) is 32.2 Å². The lowest BCUT2D eigenvalue weighted by Gasteiger charge is -2.31. The molecule has 3 heterocycles. The lowest BCUT2D eigenvalue weighted by Crippen LogP contribution is -2.41. The van der Waals surface area contributed by atoms with Crippen molar-refractivity contribution in [3.05, 3.63) is 48.8 Å². The minimum Gasteiger partial charge on any atom is -0.474 e. The Labute approximate surface area is 195 Å². The molecule has 3 N–H and O–H groups in total. The van der Waals surface area contributed by atoms with Gasteiger partial charge in [0.05, 0.1) is 18.7 Å². The van der Waals surface area contributed by atoms with Gasteiger partial charge < -0.3 is 25.4 Å². The van der Waals surface area contributed by atoms with Crippen LogP contribution in [-0.2, 0) is 4.79 Å². The van der Waals surface area contributed by atoms with Crippen LogP contribution in [0.25, 0.3) is 0 Å². The Balaban J connectivity index is 1.53. The van der Waals surface area contributed by atoms with Crippen molar-refractivity contribution in [2.45, 2.75) is 51.8 Å². The van der Waals surface area contributed by atoms with Gasteiger partial charge in [0.25, 0.3) is 0 Å². The predicted octanol–water partition coefficient (Wildman–Crippen LogP) is 3.03. The highest BCUT2D eigenvalue weighted by Gasteiger charge is 2.23. The van der Waals surface area contributed by atoms with E-state index in [1.165, 1.54) is 6.08 Å². The van der Waals surface area contributed by atoms with E-state index in [-0.39, 0.29) is 36.6 Å². The lowest BCUT2D eigenvalue weighted by molar-refractivity contribution is -0.127. The molecule has 0 radical (unpaired) electrons. The number of piperidine rings is 1. The third-order valence-corrected chi connectivity index (χ3v) is 5.81. The van der Waals surface area contributed by atoms with Crippen LogP contribution >= 0.6 is 0 Å². The van der Waals surface area contributed by atoms with E-state index in [0.29, 0.717) is 30.7 Å². The summed E-state index contributed by atoms with van der Waals surface area (Å²) in [5.41, 5.74) is 0.978. The monoisotopic (exact) mass is 454 g/mol. The first kappa shape index (κ1) is 24.4. The van der Waals surface area contributed by atoms with Crippen molar-refractivity contribution in [3.8, 4) is 5.88 Å². The first-order valence-electron chi connectivity index (χ1n) is 11.4. The standard InChI is InChI=1S/C24H34N6O3/c1-5-23(32)30-12-9-19(10-13-30)33-22-7-6-18(14-26-22)17(4)27-24-25-11-8-21(29-24)28-20(15-31)16(2)3/h5-8,11,14,16-17,19-20,31H,1,9-10,12-13,15H2,2-4H3,(H2,25,27,28,29)/t17?,20-/m1/s1. The molecule has 1 amide bonds. The molecule has 178 valence electrons. The van der Waals surface area contributed by atoms with Crippen molar-refractivity contribution in [2.75, 3.05) is 30.3 Å². The summed E-state index contributed by atoms with van der Waals surface area (Å²) >= 11 is 0. The second-order valence-electron chi connectivity index (χ2n) is 8.59. The number of hydrogen-bond donors (Lipinski definition) is 3. The summed E-state index contributed by atoms with van der Waals surface area (Å²) in [6.07, 6.45) is 6.41. The second-order valence-corrected chi connectivity index (χ2v) is 8.59. The smallest absolute Gasteiger partial charge is 0.245 e. The molecule has 1 saturated heterocycles. The number of likely N-dealkylation sites (tertiary alicyclic amines) is 1. The Bertz CT molecular complexity index is 913. The summed E-state index contributed by atoms with van der Waals surface area (Å²) in [5.74, 6) is 1.97. The van der Waals surface area contributed by atoms with Crippen LogP contribution in [-0.4, -0.2) is 62.7 Å². The van der Waals surface area contributed by atoms with Gasteiger partial charge in [0, 0.05) is 44.4 Å². The first-order chi connectivity index (χ1) is 15.9. The summed E-state index contributed by atoms with van der Waals surface area (Å²) in [4.78, 5) is 26.7. The van der Waals surface area contributed by atoms with Gasteiger partial charge in [-0.15, -0.1) is 0 Å². The fourth-order valence-corrected chi connectivity index (χ4v) is 3.61. The van der Waals surface area contributed by atoms with Gasteiger partial charge in [-0.05, 0) is 30.5 Å². The third kappa shape index (κ3) is 6.89.